The number of carbonyl (C=O) groups excluding carboxylic acids is 1. The summed E-state index contributed by atoms with van der Waals surface area (Å²) < 4.78 is 16.3. The van der Waals surface area contributed by atoms with Gasteiger partial charge in [0.1, 0.15) is 18.2 Å². The van der Waals surface area contributed by atoms with Crippen molar-refractivity contribution in [2.75, 3.05) is 44.4 Å². The van der Waals surface area contributed by atoms with Crippen molar-refractivity contribution in [2.24, 2.45) is 0 Å². The number of morpholine rings is 1. The average molecular weight is 409 g/mol. The molecule has 0 unspecified atom stereocenters. The molecule has 1 saturated heterocycles. The molecule has 30 heavy (non-hydrogen) atoms. The average Bonchev–Trinajstić information content (AvgIpc) is 3.28. The lowest BCUT2D eigenvalue weighted by atomic mass is 10.1. The van der Waals surface area contributed by atoms with E-state index in [2.05, 4.69) is 25.3 Å². The Kier molecular flexibility index (Phi) is 6.19. The van der Waals surface area contributed by atoms with Crippen LogP contribution in [0.1, 0.15) is 16.3 Å². The van der Waals surface area contributed by atoms with Crippen LogP contribution in [-0.4, -0.2) is 60.5 Å². The number of anilines is 1. The topological polar surface area (TPSA) is 103 Å². The van der Waals surface area contributed by atoms with Gasteiger partial charge in [0, 0.05) is 30.8 Å². The van der Waals surface area contributed by atoms with Crippen LogP contribution in [0.5, 0.6) is 5.88 Å². The number of rotatable bonds is 7. The first kappa shape index (κ1) is 19.8. The molecule has 0 saturated carbocycles. The summed E-state index contributed by atoms with van der Waals surface area (Å²) in [6.45, 7) is 5.34. The smallest absolute Gasteiger partial charge is 0.273 e. The molecule has 1 N–H and O–H groups in total. The maximum absolute atomic E-state index is 12.3. The standard InChI is InChI=1S/C21H23N5O4/c1-15-23-19(26-8-11-28-12-9-26)14-20(24-15)29-10-7-22-21(27)17-13-18(30-25-17)16-5-3-2-4-6-16/h2-6,13-14H,7-12H2,1H3,(H,22,27). The second-order valence-electron chi connectivity index (χ2n) is 6.76. The molecular weight excluding hydrogens is 386 g/mol. The maximum atomic E-state index is 12.3. The normalized spacial score (nSPS) is 13.8. The van der Waals surface area contributed by atoms with E-state index in [1.54, 1.807) is 6.07 Å². The van der Waals surface area contributed by atoms with Crippen molar-refractivity contribution in [3.8, 4) is 17.2 Å². The van der Waals surface area contributed by atoms with Crippen LogP contribution in [0.15, 0.2) is 47.0 Å². The van der Waals surface area contributed by atoms with E-state index >= 15 is 0 Å². The summed E-state index contributed by atoms with van der Waals surface area (Å²) in [5, 5.41) is 6.61. The molecule has 1 aliphatic heterocycles. The van der Waals surface area contributed by atoms with Crippen LogP contribution in [0.3, 0.4) is 0 Å². The summed E-state index contributed by atoms with van der Waals surface area (Å²) in [6, 6.07) is 12.9. The highest BCUT2D eigenvalue weighted by Crippen LogP contribution is 2.20. The van der Waals surface area contributed by atoms with E-state index < -0.39 is 0 Å². The summed E-state index contributed by atoms with van der Waals surface area (Å²) in [7, 11) is 0. The number of carbonyl (C=O) groups is 1. The summed E-state index contributed by atoms with van der Waals surface area (Å²) in [4.78, 5) is 23.2. The second kappa shape index (κ2) is 9.36. The van der Waals surface area contributed by atoms with E-state index in [1.165, 1.54) is 0 Å². The molecule has 0 bridgehead atoms. The second-order valence-corrected chi connectivity index (χ2v) is 6.76. The third kappa shape index (κ3) is 4.93. The third-order valence-electron chi connectivity index (χ3n) is 4.57. The van der Waals surface area contributed by atoms with E-state index in [-0.39, 0.29) is 18.2 Å². The Bertz CT molecular complexity index is 986. The Morgan fingerprint density at radius 1 is 1.17 bits per heavy atom. The van der Waals surface area contributed by atoms with Crippen LogP contribution in [-0.2, 0) is 4.74 Å². The Balaban J connectivity index is 1.28. The number of hydrogen-bond donors (Lipinski definition) is 1. The molecule has 1 amide bonds. The Morgan fingerprint density at radius 2 is 1.97 bits per heavy atom. The van der Waals surface area contributed by atoms with E-state index in [1.807, 2.05) is 43.3 Å². The van der Waals surface area contributed by atoms with Gasteiger partial charge in [0.2, 0.25) is 5.88 Å². The van der Waals surface area contributed by atoms with Gasteiger partial charge in [-0.3, -0.25) is 4.79 Å². The van der Waals surface area contributed by atoms with Gasteiger partial charge in [-0.15, -0.1) is 0 Å². The van der Waals surface area contributed by atoms with Gasteiger partial charge in [0.25, 0.3) is 5.91 Å². The molecule has 0 atom stereocenters. The summed E-state index contributed by atoms with van der Waals surface area (Å²) in [5.74, 6) is 2.16. The largest absolute Gasteiger partial charge is 0.476 e. The van der Waals surface area contributed by atoms with Crippen molar-refractivity contribution in [1.82, 2.24) is 20.4 Å². The summed E-state index contributed by atoms with van der Waals surface area (Å²) in [5.41, 5.74) is 1.09. The molecule has 0 spiro atoms. The van der Waals surface area contributed by atoms with Crippen LogP contribution >= 0.6 is 0 Å². The van der Waals surface area contributed by atoms with Gasteiger partial charge in [-0.2, -0.15) is 4.98 Å². The van der Waals surface area contributed by atoms with Gasteiger partial charge >= 0.3 is 0 Å². The van der Waals surface area contributed by atoms with Crippen molar-refractivity contribution in [3.05, 3.63) is 54.0 Å². The van der Waals surface area contributed by atoms with Crippen molar-refractivity contribution in [1.29, 1.82) is 0 Å². The quantitative estimate of drug-likeness (QED) is 0.592. The number of aromatic nitrogens is 3. The number of nitrogens with one attached hydrogen (secondary N) is 1. The molecule has 9 heteroatoms. The van der Waals surface area contributed by atoms with E-state index in [0.717, 1.165) is 24.5 Å². The third-order valence-corrected chi connectivity index (χ3v) is 4.57. The highest BCUT2D eigenvalue weighted by atomic mass is 16.5. The molecule has 3 aromatic rings. The SMILES string of the molecule is Cc1nc(OCCNC(=O)c2cc(-c3ccccc3)on2)cc(N2CCOCC2)n1. The molecule has 9 nitrogen and oxygen atoms in total. The first-order valence-electron chi connectivity index (χ1n) is 9.80. The Morgan fingerprint density at radius 3 is 2.77 bits per heavy atom. The van der Waals surface area contributed by atoms with Crippen LogP contribution in [0.25, 0.3) is 11.3 Å². The lowest BCUT2D eigenvalue weighted by Gasteiger charge is -2.28. The molecule has 156 valence electrons. The summed E-state index contributed by atoms with van der Waals surface area (Å²) in [6.07, 6.45) is 0. The molecule has 1 fully saturated rings. The van der Waals surface area contributed by atoms with Crippen molar-refractivity contribution in [2.45, 2.75) is 6.92 Å². The zero-order valence-corrected chi connectivity index (χ0v) is 16.7. The number of amides is 1. The monoisotopic (exact) mass is 409 g/mol. The molecule has 0 radical (unpaired) electrons. The number of aryl methyl sites for hydroxylation is 1. The predicted molar refractivity (Wildman–Crippen MR) is 110 cm³/mol. The zero-order valence-electron chi connectivity index (χ0n) is 16.7. The maximum Gasteiger partial charge on any atom is 0.273 e. The van der Waals surface area contributed by atoms with Crippen molar-refractivity contribution >= 4 is 11.7 Å². The fraction of sp³-hybridized carbons (Fsp3) is 0.333. The van der Waals surface area contributed by atoms with Gasteiger partial charge in [0.05, 0.1) is 19.8 Å². The predicted octanol–water partition coefficient (Wildman–Crippen LogP) is 2.09. The van der Waals surface area contributed by atoms with Gasteiger partial charge in [-0.25, -0.2) is 4.98 Å². The van der Waals surface area contributed by atoms with Crippen LogP contribution in [0.2, 0.25) is 0 Å². The molecular formula is C21H23N5O4. The highest BCUT2D eigenvalue weighted by Gasteiger charge is 2.15. The first-order chi connectivity index (χ1) is 14.7. The number of benzene rings is 1. The zero-order chi connectivity index (χ0) is 20.8. The highest BCUT2D eigenvalue weighted by molar-refractivity contribution is 5.93. The van der Waals surface area contributed by atoms with Gasteiger partial charge in [0.15, 0.2) is 11.5 Å². The van der Waals surface area contributed by atoms with E-state index in [0.29, 0.717) is 37.2 Å². The number of hydrogen-bond acceptors (Lipinski definition) is 8. The summed E-state index contributed by atoms with van der Waals surface area (Å²) >= 11 is 0. The van der Waals surface area contributed by atoms with E-state index in [9.17, 15) is 4.79 Å². The van der Waals surface area contributed by atoms with Crippen LogP contribution in [0, 0.1) is 6.92 Å². The minimum absolute atomic E-state index is 0.223. The van der Waals surface area contributed by atoms with Gasteiger partial charge in [-0.1, -0.05) is 35.5 Å². The molecule has 1 aromatic carbocycles. The van der Waals surface area contributed by atoms with Crippen LogP contribution < -0.4 is 15.0 Å². The van der Waals surface area contributed by atoms with E-state index in [4.69, 9.17) is 14.0 Å². The molecule has 4 rings (SSSR count). The minimum atomic E-state index is -0.322. The Hall–Kier alpha value is -3.46. The molecule has 2 aromatic heterocycles. The van der Waals surface area contributed by atoms with Crippen molar-refractivity contribution < 1.29 is 18.8 Å². The Labute approximate surface area is 174 Å². The fourth-order valence-electron chi connectivity index (χ4n) is 3.09. The molecule has 1 aliphatic rings. The van der Waals surface area contributed by atoms with Crippen molar-refractivity contribution in [3.63, 3.8) is 0 Å². The number of nitrogens with zero attached hydrogens (tertiary/aromatic N) is 4. The van der Waals surface area contributed by atoms with Gasteiger partial charge in [-0.05, 0) is 6.92 Å². The molecule has 3 heterocycles. The lowest BCUT2D eigenvalue weighted by Crippen LogP contribution is -2.37. The lowest BCUT2D eigenvalue weighted by molar-refractivity contribution is 0.0937. The molecule has 0 aliphatic carbocycles. The minimum Gasteiger partial charge on any atom is -0.476 e. The first-order valence-corrected chi connectivity index (χ1v) is 9.80. The number of ether oxygens (including phenoxy) is 2. The van der Waals surface area contributed by atoms with Gasteiger partial charge < -0.3 is 24.2 Å². The fourth-order valence-corrected chi connectivity index (χ4v) is 3.09. The van der Waals surface area contributed by atoms with Crippen LogP contribution in [0.4, 0.5) is 5.82 Å².